The summed E-state index contributed by atoms with van der Waals surface area (Å²) in [7, 11) is 0. The Morgan fingerprint density at radius 1 is 1.00 bits per heavy atom. The summed E-state index contributed by atoms with van der Waals surface area (Å²) in [5.41, 5.74) is 1.71. The molecule has 1 aromatic carbocycles. The fraction of sp³-hybridized carbons (Fsp3) is 0.217. The predicted octanol–water partition coefficient (Wildman–Crippen LogP) is 3.21. The minimum absolute atomic E-state index is 0.122. The van der Waals surface area contributed by atoms with Gasteiger partial charge in [0.25, 0.3) is 0 Å². The second-order valence-electron chi connectivity index (χ2n) is 7.45. The number of carbonyl (C=O) groups is 2. The van der Waals surface area contributed by atoms with Gasteiger partial charge in [-0.25, -0.2) is 9.78 Å². The molecule has 2 amide bonds. The molecule has 168 valence electrons. The summed E-state index contributed by atoms with van der Waals surface area (Å²) in [6.45, 7) is 2.83. The van der Waals surface area contributed by atoms with E-state index in [1.807, 2.05) is 6.07 Å². The number of ether oxygens (including phenoxy) is 3. The Balaban J connectivity index is 1.24. The molecule has 3 aromatic rings. The lowest BCUT2D eigenvalue weighted by Gasteiger charge is -2.28. The van der Waals surface area contributed by atoms with Gasteiger partial charge in [0.15, 0.2) is 11.5 Å². The van der Waals surface area contributed by atoms with E-state index in [-0.39, 0.29) is 12.4 Å². The zero-order valence-corrected chi connectivity index (χ0v) is 17.6. The molecule has 1 fully saturated rings. The van der Waals surface area contributed by atoms with Crippen molar-refractivity contribution in [2.75, 3.05) is 41.8 Å². The molecule has 2 aliphatic rings. The van der Waals surface area contributed by atoms with Crippen LogP contribution >= 0.6 is 0 Å². The minimum atomic E-state index is -0.398. The molecule has 2 aromatic heterocycles. The van der Waals surface area contributed by atoms with E-state index in [0.29, 0.717) is 47.5 Å². The van der Waals surface area contributed by atoms with E-state index in [1.54, 1.807) is 48.8 Å². The van der Waals surface area contributed by atoms with Crippen LogP contribution < -0.4 is 25.0 Å². The number of benzene rings is 1. The Kier molecular flexibility index (Phi) is 5.73. The first-order chi connectivity index (χ1) is 16.1. The predicted molar refractivity (Wildman–Crippen MR) is 120 cm³/mol. The van der Waals surface area contributed by atoms with Gasteiger partial charge in [0, 0.05) is 55.1 Å². The van der Waals surface area contributed by atoms with Gasteiger partial charge in [-0.1, -0.05) is 6.07 Å². The van der Waals surface area contributed by atoms with Crippen LogP contribution in [0.25, 0.3) is 0 Å². The van der Waals surface area contributed by atoms with Crippen LogP contribution in [0, 0.1) is 0 Å². The van der Waals surface area contributed by atoms with Gasteiger partial charge in [-0.15, -0.1) is 0 Å². The van der Waals surface area contributed by atoms with Crippen LogP contribution in [0.3, 0.4) is 0 Å². The zero-order valence-electron chi connectivity index (χ0n) is 17.6. The Bertz CT molecular complexity index is 1200. The average Bonchev–Trinajstić information content (AvgIpc) is 3.21. The number of urea groups is 1. The lowest BCUT2D eigenvalue weighted by molar-refractivity contribution is -0.131. The minimum Gasteiger partial charge on any atom is -0.453 e. The van der Waals surface area contributed by atoms with Crippen LogP contribution in [-0.2, 0) is 16.0 Å². The monoisotopic (exact) mass is 447 g/mol. The van der Waals surface area contributed by atoms with E-state index in [2.05, 4.69) is 25.5 Å². The fourth-order valence-electron chi connectivity index (χ4n) is 3.59. The summed E-state index contributed by atoms with van der Waals surface area (Å²) in [5, 5.41) is 5.62. The number of aromatic nitrogens is 2. The van der Waals surface area contributed by atoms with Gasteiger partial charge < -0.3 is 29.7 Å². The molecule has 0 spiro atoms. The normalized spacial score (nSPS) is 14.9. The van der Waals surface area contributed by atoms with E-state index in [9.17, 15) is 9.59 Å². The highest BCUT2D eigenvalue weighted by molar-refractivity contribution is 6.00. The third-order valence-corrected chi connectivity index (χ3v) is 5.13. The summed E-state index contributed by atoms with van der Waals surface area (Å²) < 4.78 is 16.5. The van der Waals surface area contributed by atoms with Crippen molar-refractivity contribution < 1.29 is 23.8 Å². The molecule has 10 heteroatoms. The van der Waals surface area contributed by atoms with Crippen molar-refractivity contribution in [2.45, 2.75) is 6.42 Å². The number of hydrogen-bond acceptors (Lipinski definition) is 8. The van der Waals surface area contributed by atoms with Gasteiger partial charge in [-0.3, -0.25) is 9.78 Å². The molecule has 1 saturated heterocycles. The fourth-order valence-corrected chi connectivity index (χ4v) is 3.59. The number of nitrogens with zero attached hydrogens (tertiary/aromatic N) is 3. The number of anilines is 3. The molecule has 4 heterocycles. The van der Waals surface area contributed by atoms with Crippen LogP contribution in [0.4, 0.5) is 22.0 Å². The molecule has 0 radical (unpaired) electrons. The molecule has 0 aliphatic carbocycles. The average molecular weight is 447 g/mol. The Morgan fingerprint density at radius 3 is 2.64 bits per heavy atom. The van der Waals surface area contributed by atoms with Crippen molar-refractivity contribution in [3.63, 3.8) is 0 Å². The molecule has 0 unspecified atom stereocenters. The van der Waals surface area contributed by atoms with Crippen molar-refractivity contribution in [3.05, 3.63) is 60.6 Å². The largest absolute Gasteiger partial charge is 0.453 e. The third-order valence-electron chi connectivity index (χ3n) is 5.13. The zero-order chi connectivity index (χ0) is 22.6. The highest BCUT2D eigenvalue weighted by Gasteiger charge is 2.26. The quantitative estimate of drug-likeness (QED) is 0.573. The summed E-state index contributed by atoms with van der Waals surface area (Å²) in [4.78, 5) is 34.7. The maximum Gasteiger partial charge on any atom is 0.323 e. The van der Waals surface area contributed by atoms with Crippen LogP contribution in [0.2, 0.25) is 0 Å². The summed E-state index contributed by atoms with van der Waals surface area (Å²) in [6, 6.07) is 11.7. The maximum absolute atomic E-state index is 12.5. The van der Waals surface area contributed by atoms with Crippen molar-refractivity contribution in [1.29, 1.82) is 0 Å². The van der Waals surface area contributed by atoms with E-state index in [0.717, 1.165) is 18.9 Å². The Morgan fingerprint density at radius 2 is 1.79 bits per heavy atom. The first kappa shape index (κ1) is 20.7. The van der Waals surface area contributed by atoms with Crippen molar-refractivity contribution >= 4 is 29.2 Å². The third kappa shape index (κ3) is 4.85. The molecule has 0 saturated carbocycles. The highest BCUT2D eigenvalue weighted by atomic mass is 16.6. The van der Waals surface area contributed by atoms with Gasteiger partial charge >= 0.3 is 12.0 Å². The second-order valence-corrected chi connectivity index (χ2v) is 7.45. The Labute approximate surface area is 189 Å². The van der Waals surface area contributed by atoms with Crippen LogP contribution in [-0.4, -0.2) is 48.3 Å². The van der Waals surface area contributed by atoms with Crippen LogP contribution in [0.1, 0.15) is 5.69 Å². The lowest BCUT2D eigenvalue weighted by Crippen LogP contribution is -2.36. The number of morpholine rings is 1. The molecule has 0 atom stereocenters. The van der Waals surface area contributed by atoms with E-state index in [1.165, 1.54) is 0 Å². The maximum atomic E-state index is 12.5. The SMILES string of the molecule is O=C(Nc1cccc(Oc2ccnc3c2OC(=O)C3)c1)Nc1ccnc(N2CCOCC2)c1. The number of hydrogen-bond donors (Lipinski definition) is 2. The summed E-state index contributed by atoms with van der Waals surface area (Å²) >= 11 is 0. The molecule has 10 nitrogen and oxygen atoms in total. The molecule has 33 heavy (non-hydrogen) atoms. The van der Waals surface area contributed by atoms with Crippen molar-refractivity contribution in [1.82, 2.24) is 9.97 Å². The van der Waals surface area contributed by atoms with Crippen molar-refractivity contribution in [3.8, 4) is 17.2 Å². The number of esters is 1. The standard InChI is InChI=1S/C23H21N5O5/c29-21-14-18-22(33-21)19(5-7-24-18)32-17-3-1-2-15(12-17)26-23(30)27-16-4-6-25-20(13-16)28-8-10-31-11-9-28/h1-7,12-13H,8-11,14H2,(H2,25,26,27,30). The van der Waals surface area contributed by atoms with E-state index in [4.69, 9.17) is 14.2 Å². The van der Waals surface area contributed by atoms with Gasteiger partial charge in [0.1, 0.15) is 11.6 Å². The molecular weight excluding hydrogens is 426 g/mol. The number of fused-ring (bicyclic) bond motifs is 1. The topological polar surface area (TPSA) is 115 Å². The van der Waals surface area contributed by atoms with E-state index >= 15 is 0 Å². The number of rotatable bonds is 5. The molecule has 2 N–H and O–H groups in total. The second kappa shape index (κ2) is 9.13. The van der Waals surface area contributed by atoms with Gasteiger partial charge in [0.2, 0.25) is 0 Å². The molecule has 5 rings (SSSR count). The van der Waals surface area contributed by atoms with Crippen molar-refractivity contribution in [2.24, 2.45) is 0 Å². The first-order valence-electron chi connectivity index (χ1n) is 10.5. The lowest BCUT2D eigenvalue weighted by atomic mass is 10.2. The smallest absolute Gasteiger partial charge is 0.323 e. The van der Waals surface area contributed by atoms with Gasteiger partial charge in [0.05, 0.1) is 25.3 Å². The van der Waals surface area contributed by atoms with Gasteiger partial charge in [-0.05, 0) is 18.2 Å². The van der Waals surface area contributed by atoms with E-state index < -0.39 is 6.03 Å². The van der Waals surface area contributed by atoms with Crippen LogP contribution in [0.5, 0.6) is 17.2 Å². The summed E-state index contributed by atoms with van der Waals surface area (Å²) in [5.74, 6) is 1.61. The number of pyridine rings is 2. The van der Waals surface area contributed by atoms with Crippen LogP contribution in [0.15, 0.2) is 54.9 Å². The molecular formula is C23H21N5O5. The van der Waals surface area contributed by atoms with Gasteiger partial charge in [-0.2, -0.15) is 0 Å². The molecule has 0 bridgehead atoms. The Hall–Kier alpha value is -4.18. The highest BCUT2D eigenvalue weighted by Crippen LogP contribution is 2.37. The molecule has 2 aliphatic heterocycles. The summed E-state index contributed by atoms with van der Waals surface area (Å²) in [6.07, 6.45) is 3.34. The number of amides is 2. The first-order valence-corrected chi connectivity index (χ1v) is 10.5. The number of nitrogens with one attached hydrogen (secondary N) is 2. The number of carbonyl (C=O) groups excluding carboxylic acids is 2.